The summed E-state index contributed by atoms with van der Waals surface area (Å²) in [7, 11) is -3.98. The number of aromatic carboxylic acids is 1. The maximum Gasteiger partial charge on any atom is 0.335 e. The molecule has 1 heterocycles. The zero-order valence-corrected chi connectivity index (χ0v) is 10.8. The second kappa shape index (κ2) is 5.13. The largest absolute Gasteiger partial charge is 0.478 e. The van der Waals surface area contributed by atoms with Gasteiger partial charge in [-0.1, -0.05) is 0 Å². The maximum absolute atomic E-state index is 12.1. The molecule has 0 fully saturated rings. The Hall–Kier alpha value is -2.68. The van der Waals surface area contributed by atoms with Crippen LogP contribution in [0.1, 0.15) is 10.4 Å². The van der Waals surface area contributed by atoms with Crippen molar-refractivity contribution in [3.63, 3.8) is 0 Å². The van der Waals surface area contributed by atoms with E-state index in [1.807, 2.05) is 0 Å². The van der Waals surface area contributed by atoms with E-state index < -0.39 is 16.0 Å². The Kier molecular flexibility index (Phi) is 3.53. The number of carbonyl (C=O) groups is 1. The number of hydrogen-bond donors (Lipinski definition) is 3. The van der Waals surface area contributed by atoms with Crippen molar-refractivity contribution in [3.05, 3.63) is 42.2 Å². The van der Waals surface area contributed by atoms with Crippen LogP contribution < -0.4 is 10.5 Å². The summed E-state index contributed by atoms with van der Waals surface area (Å²) in [5.41, 5.74) is 5.30. The van der Waals surface area contributed by atoms with Crippen molar-refractivity contribution in [3.8, 4) is 0 Å². The van der Waals surface area contributed by atoms with Gasteiger partial charge in [0.05, 0.1) is 11.3 Å². The van der Waals surface area contributed by atoms with Crippen LogP contribution in [-0.2, 0) is 10.0 Å². The van der Waals surface area contributed by atoms with Crippen LogP contribution in [0.5, 0.6) is 0 Å². The van der Waals surface area contributed by atoms with Crippen LogP contribution in [0, 0.1) is 0 Å². The highest BCUT2D eigenvalue weighted by atomic mass is 32.2. The van der Waals surface area contributed by atoms with Crippen LogP contribution in [0.3, 0.4) is 0 Å². The molecule has 0 spiro atoms. The van der Waals surface area contributed by atoms with Crippen LogP contribution in [0.2, 0.25) is 0 Å². The lowest BCUT2D eigenvalue weighted by Crippen LogP contribution is -2.16. The van der Waals surface area contributed by atoms with Crippen LogP contribution in [0.25, 0.3) is 0 Å². The second-order valence-electron chi connectivity index (χ2n) is 3.74. The Morgan fingerprint density at radius 2 is 1.90 bits per heavy atom. The van der Waals surface area contributed by atoms with E-state index in [0.29, 0.717) is 0 Å². The van der Waals surface area contributed by atoms with Gasteiger partial charge in [-0.2, -0.15) is 0 Å². The Labute approximate surface area is 114 Å². The van der Waals surface area contributed by atoms with Gasteiger partial charge in [-0.25, -0.2) is 27.9 Å². The van der Waals surface area contributed by atoms with E-state index in [9.17, 15) is 13.2 Å². The molecule has 2 aromatic rings. The number of sulfonamides is 1. The Bertz CT molecular complexity index is 746. The van der Waals surface area contributed by atoms with Crippen LogP contribution in [-0.4, -0.2) is 29.5 Å². The van der Waals surface area contributed by atoms with Crippen molar-refractivity contribution >= 4 is 27.6 Å². The lowest BCUT2D eigenvalue weighted by molar-refractivity contribution is 0.0697. The van der Waals surface area contributed by atoms with E-state index in [1.54, 1.807) is 0 Å². The molecule has 0 atom stereocenters. The monoisotopic (exact) mass is 294 g/mol. The van der Waals surface area contributed by atoms with E-state index in [0.717, 1.165) is 18.2 Å². The first-order valence-corrected chi connectivity index (χ1v) is 6.81. The smallest absolute Gasteiger partial charge is 0.335 e. The molecule has 4 N–H and O–H groups in total. The lowest BCUT2D eigenvalue weighted by Gasteiger charge is -2.09. The fourth-order valence-electron chi connectivity index (χ4n) is 1.45. The molecular formula is C11H10N4O4S. The summed E-state index contributed by atoms with van der Waals surface area (Å²) in [4.78, 5) is 18.0. The minimum absolute atomic E-state index is 0.0996. The topological polar surface area (TPSA) is 135 Å². The third-order valence-electron chi connectivity index (χ3n) is 2.34. The Balaban J connectivity index is 2.37. The van der Waals surface area contributed by atoms with Gasteiger partial charge in [0.15, 0.2) is 0 Å². The van der Waals surface area contributed by atoms with E-state index in [1.165, 1.54) is 18.5 Å². The van der Waals surface area contributed by atoms with Crippen molar-refractivity contribution < 1.29 is 18.3 Å². The van der Waals surface area contributed by atoms with E-state index in [-0.39, 0.29) is 22.1 Å². The summed E-state index contributed by atoms with van der Waals surface area (Å²) >= 11 is 0. The molecule has 0 amide bonds. The number of hydrogen-bond acceptors (Lipinski definition) is 6. The fourth-order valence-corrected chi connectivity index (χ4v) is 2.53. The van der Waals surface area contributed by atoms with Crippen molar-refractivity contribution in [1.29, 1.82) is 0 Å². The average Bonchev–Trinajstić information content (AvgIpc) is 2.38. The van der Waals surface area contributed by atoms with Gasteiger partial charge in [-0.3, -0.25) is 0 Å². The molecule has 0 bridgehead atoms. The van der Waals surface area contributed by atoms with Crippen LogP contribution in [0.15, 0.2) is 41.6 Å². The highest BCUT2D eigenvalue weighted by molar-refractivity contribution is 7.92. The van der Waals surface area contributed by atoms with Crippen LogP contribution >= 0.6 is 0 Å². The summed E-state index contributed by atoms with van der Waals surface area (Å²) in [6, 6.07) is 4.87. The second-order valence-corrected chi connectivity index (χ2v) is 5.39. The van der Waals surface area contributed by atoms with Crippen molar-refractivity contribution in [1.82, 2.24) is 9.97 Å². The summed E-state index contributed by atoms with van der Waals surface area (Å²) in [5, 5.41) is 8.80. The van der Waals surface area contributed by atoms with Gasteiger partial charge in [-0.05, 0) is 24.3 Å². The first-order valence-electron chi connectivity index (χ1n) is 5.33. The van der Waals surface area contributed by atoms with Gasteiger partial charge >= 0.3 is 5.97 Å². The van der Waals surface area contributed by atoms with Gasteiger partial charge < -0.3 is 10.8 Å². The van der Waals surface area contributed by atoms with Gasteiger partial charge in [0, 0.05) is 12.4 Å². The zero-order chi connectivity index (χ0) is 14.8. The van der Waals surface area contributed by atoms with Crippen molar-refractivity contribution in [2.75, 3.05) is 10.5 Å². The third-order valence-corrected chi connectivity index (χ3v) is 3.74. The van der Waals surface area contributed by atoms with Gasteiger partial charge in [-0.15, -0.1) is 0 Å². The number of aromatic nitrogens is 2. The molecule has 0 aliphatic heterocycles. The number of nitrogen functional groups attached to an aromatic ring is 1. The summed E-state index contributed by atoms with van der Waals surface area (Å²) in [5.74, 6) is -1.30. The maximum atomic E-state index is 12.1. The van der Waals surface area contributed by atoms with E-state index in [4.69, 9.17) is 10.8 Å². The predicted molar refractivity (Wildman–Crippen MR) is 70.7 cm³/mol. The number of nitrogens with two attached hydrogens (primary N) is 1. The molecule has 1 aromatic carbocycles. The minimum Gasteiger partial charge on any atom is -0.478 e. The molecule has 0 aliphatic carbocycles. The highest BCUT2D eigenvalue weighted by Gasteiger charge is 2.19. The summed E-state index contributed by atoms with van der Waals surface area (Å²) in [6.07, 6.45) is 2.75. The molecule has 0 unspecified atom stereocenters. The number of carboxylic acids is 1. The van der Waals surface area contributed by atoms with Gasteiger partial charge in [0.25, 0.3) is 10.0 Å². The number of nitrogens with zero attached hydrogens (tertiary/aromatic N) is 2. The quantitative estimate of drug-likeness (QED) is 0.701. The molecule has 0 saturated carbocycles. The highest BCUT2D eigenvalue weighted by Crippen LogP contribution is 2.21. The van der Waals surface area contributed by atoms with Crippen molar-refractivity contribution in [2.45, 2.75) is 4.90 Å². The van der Waals surface area contributed by atoms with Crippen LogP contribution in [0.4, 0.5) is 11.6 Å². The standard InChI is InChI=1S/C11H10N4O4S/c12-8-6-7(10(16)17)2-3-9(8)20(18,19)15-11-13-4-1-5-14-11/h1-6H,12H2,(H,16,17)(H,13,14,15). The Morgan fingerprint density at radius 1 is 1.25 bits per heavy atom. The predicted octanol–water partition coefficient (Wildman–Crippen LogP) is 0.558. The molecule has 104 valence electrons. The first kappa shape index (κ1) is 13.7. The number of anilines is 2. The lowest BCUT2D eigenvalue weighted by atomic mass is 10.2. The number of rotatable bonds is 4. The molecule has 8 nitrogen and oxygen atoms in total. The number of carboxylic acid groups (broad SMARTS) is 1. The normalized spacial score (nSPS) is 11.0. The molecule has 2 rings (SSSR count). The molecule has 9 heteroatoms. The van der Waals surface area contributed by atoms with E-state index >= 15 is 0 Å². The van der Waals surface area contributed by atoms with Gasteiger partial charge in [0.2, 0.25) is 5.95 Å². The summed E-state index contributed by atoms with van der Waals surface area (Å²) in [6.45, 7) is 0. The molecular weight excluding hydrogens is 284 g/mol. The molecule has 1 aromatic heterocycles. The van der Waals surface area contributed by atoms with Gasteiger partial charge in [0.1, 0.15) is 4.90 Å². The fraction of sp³-hybridized carbons (Fsp3) is 0. The average molecular weight is 294 g/mol. The molecule has 0 saturated heterocycles. The summed E-state index contributed by atoms with van der Waals surface area (Å²) < 4.78 is 26.3. The molecule has 20 heavy (non-hydrogen) atoms. The molecule has 0 radical (unpaired) electrons. The third kappa shape index (κ3) is 2.83. The number of benzene rings is 1. The van der Waals surface area contributed by atoms with Crippen molar-refractivity contribution in [2.24, 2.45) is 0 Å². The van der Waals surface area contributed by atoms with E-state index in [2.05, 4.69) is 14.7 Å². The minimum atomic E-state index is -3.98. The first-order chi connectivity index (χ1) is 9.40. The SMILES string of the molecule is Nc1cc(C(=O)O)ccc1S(=O)(=O)Nc1ncccn1. The number of nitrogens with one attached hydrogen (secondary N) is 1. The zero-order valence-electron chi connectivity index (χ0n) is 10.0. The molecule has 0 aliphatic rings. The Morgan fingerprint density at radius 3 is 2.45 bits per heavy atom.